The molecule has 66 valence electrons. The average Bonchev–Trinajstić information content (AvgIpc) is 1.86. The quantitative estimate of drug-likeness (QED) is 0.554. The fourth-order valence-electron chi connectivity index (χ4n) is 0.745. The molecule has 0 aromatic rings. The lowest BCUT2D eigenvalue weighted by atomic mass is 10.2. The number of hydrogen-bond donors (Lipinski definition) is 2. The van der Waals surface area contributed by atoms with Crippen LogP contribution in [0.5, 0.6) is 0 Å². The number of nitrogens with one attached hydrogen (secondary N) is 1. The minimum atomic E-state index is -0.373. The number of amides is 1. The van der Waals surface area contributed by atoms with Gasteiger partial charge in [0.2, 0.25) is 0 Å². The maximum atomic E-state index is 11.1. The van der Waals surface area contributed by atoms with E-state index in [0.29, 0.717) is 0 Å². The number of hydrogen-bond acceptors (Lipinski definition) is 3. The summed E-state index contributed by atoms with van der Waals surface area (Å²) in [5.41, 5.74) is 8.13. The van der Waals surface area contributed by atoms with Crippen LogP contribution in [0.3, 0.4) is 0 Å². The average molecular weight is 159 g/mol. The first-order valence-corrected chi connectivity index (χ1v) is 3.81. The van der Waals surface area contributed by atoms with E-state index in [0.717, 1.165) is 12.8 Å². The zero-order chi connectivity index (χ0) is 8.85. The largest absolute Gasteiger partial charge is 0.320 e. The smallest absolute Gasteiger partial charge is 0.251 e. The van der Waals surface area contributed by atoms with E-state index in [2.05, 4.69) is 5.43 Å². The monoisotopic (exact) mass is 159 g/mol. The fourth-order valence-corrected chi connectivity index (χ4v) is 0.745. The topological polar surface area (TPSA) is 58.4 Å². The molecule has 11 heavy (non-hydrogen) atoms. The summed E-state index contributed by atoms with van der Waals surface area (Å²) in [6.45, 7) is 2.00. The van der Waals surface area contributed by atoms with E-state index in [1.807, 2.05) is 6.92 Å². The summed E-state index contributed by atoms with van der Waals surface area (Å²) < 4.78 is 0. The molecule has 4 heteroatoms. The van der Waals surface area contributed by atoms with Gasteiger partial charge in [-0.25, -0.2) is 5.01 Å². The lowest BCUT2D eigenvalue weighted by Gasteiger charge is -2.15. The van der Waals surface area contributed by atoms with Crippen LogP contribution in [0.25, 0.3) is 0 Å². The molecular weight excluding hydrogens is 142 g/mol. The zero-order valence-electron chi connectivity index (χ0n) is 7.42. The van der Waals surface area contributed by atoms with Crippen LogP contribution >= 0.6 is 0 Å². The van der Waals surface area contributed by atoms with Crippen molar-refractivity contribution in [3.63, 3.8) is 0 Å². The summed E-state index contributed by atoms with van der Waals surface area (Å²) in [6.07, 6.45) is 1.67. The van der Waals surface area contributed by atoms with Crippen molar-refractivity contribution in [2.75, 3.05) is 14.1 Å². The van der Waals surface area contributed by atoms with Crippen molar-refractivity contribution >= 4 is 5.91 Å². The molecule has 0 saturated carbocycles. The van der Waals surface area contributed by atoms with E-state index in [1.54, 1.807) is 19.1 Å². The number of nitrogens with zero attached hydrogens (tertiary/aromatic N) is 1. The van der Waals surface area contributed by atoms with Crippen LogP contribution in [0.4, 0.5) is 0 Å². The van der Waals surface area contributed by atoms with Crippen LogP contribution in [0.1, 0.15) is 19.8 Å². The fraction of sp³-hybridized carbons (Fsp3) is 0.857. The number of carbonyl (C=O) groups excluding carboxylic acids is 1. The lowest BCUT2D eigenvalue weighted by Crippen LogP contribution is -2.46. The first-order chi connectivity index (χ1) is 5.07. The molecule has 3 N–H and O–H groups in total. The maximum Gasteiger partial charge on any atom is 0.251 e. The Bertz CT molecular complexity index is 125. The normalized spacial score (nSPS) is 13.2. The minimum absolute atomic E-state index is 0.114. The Morgan fingerprint density at radius 3 is 2.55 bits per heavy atom. The van der Waals surface area contributed by atoms with Crippen molar-refractivity contribution in [2.45, 2.75) is 25.8 Å². The SMILES string of the molecule is CCC[C@@H](N)C(=O)NN(C)C. The molecule has 0 aliphatic rings. The van der Waals surface area contributed by atoms with Gasteiger partial charge in [-0.3, -0.25) is 10.2 Å². The van der Waals surface area contributed by atoms with Crippen LogP contribution in [-0.4, -0.2) is 31.1 Å². The summed E-state index contributed by atoms with van der Waals surface area (Å²) in [5, 5.41) is 1.60. The molecule has 0 spiro atoms. The molecule has 0 rings (SSSR count). The van der Waals surface area contributed by atoms with Gasteiger partial charge < -0.3 is 5.73 Å². The van der Waals surface area contributed by atoms with Crippen LogP contribution in [0.15, 0.2) is 0 Å². The molecule has 0 saturated heterocycles. The van der Waals surface area contributed by atoms with Gasteiger partial charge in [0.05, 0.1) is 6.04 Å². The highest BCUT2D eigenvalue weighted by molar-refractivity contribution is 5.80. The second-order valence-electron chi connectivity index (χ2n) is 2.77. The third kappa shape index (κ3) is 4.75. The Kier molecular flexibility index (Phi) is 4.81. The van der Waals surface area contributed by atoms with Crippen molar-refractivity contribution in [3.05, 3.63) is 0 Å². The lowest BCUT2D eigenvalue weighted by molar-refractivity contribution is -0.126. The van der Waals surface area contributed by atoms with Gasteiger partial charge in [-0.2, -0.15) is 0 Å². The standard InChI is InChI=1S/C7H17N3O/c1-4-5-6(8)7(11)9-10(2)3/h6H,4-5,8H2,1-3H3,(H,9,11)/t6-/m1/s1. The second kappa shape index (κ2) is 5.09. The van der Waals surface area contributed by atoms with Crippen LogP contribution in [0, 0.1) is 0 Å². The first kappa shape index (κ1) is 10.4. The molecular formula is C7H17N3O. The third-order valence-corrected chi connectivity index (χ3v) is 1.27. The van der Waals surface area contributed by atoms with Gasteiger partial charge in [0.25, 0.3) is 5.91 Å². The summed E-state index contributed by atoms with van der Waals surface area (Å²) >= 11 is 0. The van der Waals surface area contributed by atoms with Crippen molar-refractivity contribution in [1.29, 1.82) is 0 Å². The van der Waals surface area contributed by atoms with Crippen LogP contribution in [0.2, 0.25) is 0 Å². The minimum Gasteiger partial charge on any atom is -0.320 e. The van der Waals surface area contributed by atoms with E-state index in [-0.39, 0.29) is 11.9 Å². The molecule has 0 aromatic heterocycles. The number of hydrazine groups is 1. The van der Waals surface area contributed by atoms with Crippen molar-refractivity contribution in [3.8, 4) is 0 Å². The molecule has 4 nitrogen and oxygen atoms in total. The molecule has 1 amide bonds. The maximum absolute atomic E-state index is 11.1. The third-order valence-electron chi connectivity index (χ3n) is 1.27. The Balaban J connectivity index is 3.64. The predicted octanol–water partition coefficient (Wildman–Crippen LogP) is -0.293. The van der Waals surface area contributed by atoms with Crippen molar-refractivity contribution in [1.82, 2.24) is 10.4 Å². The van der Waals surface area contributed by atoms with Gasteiger partial charge in [0.15, 0.2) is 0 Å². The van der Waals surface area contributed by atoms with Gasteiger partial charge in [0.1, 0.15) is 0 Å². The van der Waals surface area contributed by atoms with E-state index >= 15 is 0 Å². The van der Waals surface area contributed by atoms with Crippen LogP contribution in [-0.2, 0) is 4.79 Å². The first-order valence-electron chi connectivity index (χ1n) is 3.81. The van der Waals surface area contributed by atoms with Gasteiger partial charge in [0, 0.05) is 14.1 Å². The van der Waals surface area contributed by atoms with Crippen molar-refractivity contribution in [2.24, 2.45) is 5.73 Å². The second-order valence-corrected chi connectivity index (χ2v) is 2.77. The van der Waals surface area contributed by atoms with Gasteiger partial charge in [-0.05, 0) is 6.42 Å². The highest BCUT2D eigenvalue weighted by Gasteiger charge is 2.11. The Morgan fingerprint density at radius 1 is 1.64 bits per heavy atom. The Labute approximate surface area is 67.7 Å². The molecule has 0 aliphatic carbocycles. The molecule has 0 unspecified atom stereocenters. The molecule has 0 aliphatic heterocycles. The molecule has 0 fully saturated rings. The summed E-state index contributed by atoms with van der Waals surface area (Å²) in [5.74, 6) is -0.114. The van der Waals surface area contributed by atoms with E-state index < -0.39 is 0 Å². The van der Waals surface area contributed by atoms with Crippen LogP contribution < -0.4 is 11.2 Å². The van der Waals surface area contributed by atoms with Gasteiger partial charge >= 0.3 is 0 Å². The van der Waals surface area contributed by atoms with Crippen molar-refractivity contribution < 1.29 is 4.79 Å². The van der Waals surface area contributed by atoms with E-state index in [4.69, 9.17) is 5.73 Å². The molecule has 0 heterocycles. The molecule has 1 atom stereocenters. The highest BCUT2D eigenvalue weighted by Crippen LogP contribution is 1.92. The molecule has 0 bridgehead atoms. The van der Waals surface area contributed by atoms with E-state index in [9.17, 15) is 4.79 Å². The summed E-state index contributed by atoms with van der Waals surface area (Å²) in [7, 11) is 3.52. The zero-order valence-corrected chi connectivity index (χ0v) is 7.42. The number of rotatable bonds is 4. The summed E-state index contributed by atoms with van der Waals surface area (Å²) in [4.78, 5) is 11.1. The number of nitrogens with two attached hydrogens (primary N) is 1. The molecule has 0 radical (unpaired) electrons. The van der Waals surface area contributed by atoms with Gasteiger partial charge in [-0.15, -0.1) is 0 Å². The summed E-state index contributed by atoms with van der Waals surface area (Å²) in [6, 6.07) is -0.373. The Morgan fingerprint density at radius 2 is 2.18 bits per heavy atom. The molecule has 0 aromatic carbocycles. The van der Waals surface area contributed by atoms with Gasteiger partial charge in [-0.1, -0.05) is 13.3 Å². The van der Waals surface area contributed by atoms with E-state index in [1.165, 1.54) is 0 Å². The Hall–Kier alpha value is -0.610. The number of carbonyl (C=O) groups is 1. The predicted molar refractivity (Wildman–Crippen MR) is 44.7 cm³/mol. The highest BCUT2D eigenvalue weighted by atomic mass is 16.2.